The van der Waals surface area contributed by atoms with Gasteiger partial charge in [-0.05, 0) is 0 Å². The van der Waals surface area contributed by atoms with Gasteiger partial charge in [-0.15, -0.1) is 4.20 Å². The van der Waals surface area contributed by atoms with Crippen molar-refractivity contribution >= 4 is 45.6 Å². The van der Waals surface area contributed by atoms with Crippen molar-refractivity contribution in [1.29, 1.82) is 0 Å². The van der Waals surface area contributed by atoms with Crippen molar-refractivity contribution in [3.63, 3.8) is 0 Å². The second kappa shape index (κ2) is 6.82. The van der Waals surface area contributed by atoms with Gasteiger partial charge < -0.3 is 0 Å². The quantitative estimate of drug-likeness (QED) is 0.449. The number of halogens is 1. The van der Waals surface area contributed by atoms with Gasteiger partial charge in [0.1, 0.15) is 0 Å². The van der Waals surface area contributed by atoms with Gasteiger partial charge in [-0.1, -0.05) is 0 Å². The smallest absolute Gasteiger partial charge is 0 e. The molecule has 0 bridgehead atoms. The van der Waals surface area contributed by atoms with E-state index < -0.39 is 7.91 Å². The molecular weight excluding hydrogens is 279 g/mol. The molecule has 3 nitrogen and oxygen atoms in total. The van der Waals surface area contributed by atoms with Crippen LogP contribution in [-0.4, -0.2) is 47.5 Å². The maximum absolute atomic E-state index is 10.4. The predicted octanol–water partition coefficient (Wildman–Crippen LogP) is -0.868. The van der Waals surface area contributed by atoms with Crippen LogP contribution in [-0.2, 0) is 4.57 Å². The Balaban J connectivity index is -0.0000000800. The van der Waals surface area contributed by atoms with Crippen LogP contribution < -0.4 is 0 Å². The third kappa shape index (κ3) is 53.5. The van der Waals surface area contributed by atoms with E-state index in [2.05, 4.69) is 0 Å². The molecule has 7 heteroatoms. The largest absolute Gasteiger partial charge is 0 e. The molecule has 0 aliphatic rings. The van der Waals surface area contributed by atoms with Crippen LogP contribution in [0.3, 0.4) is 0 Å². The van der Waals surface area contributed by atoms with Gasteiger partial charge in [0.25, 0.3) is 0 Å². The average Bonchev–Trinajstić information content (AvgIpc) is 0.722. The summed E-state index contributed by atoms with van der Waals surface area (Å²) < 4.78 is 19.0. The third-order valence-corrected chi connectivity index (χ3v) is 0. The molecule has 0 amide bonds. The summed E-state index contributed by atoms with van der Waals surface area (Å²) in [7, 11) is -5.14. The second-order valence-corrected chi connectivity index (χ2v) is 1.42. The van der Waals surface area contributed by atoms with E-state index in [1.165, 1.54) is 0 Å². The summed E-state index contributed by atoms with van der Waals surface area (Å²) in [6.07, 6.45) is 0. The van der Waals surface area contributed by atoms with Crippen LogP contribution in [0.1, 0.15) is 0 Å². The molecule has 0 heterocycles. The van der Waals surface area contributed by atoms with Gasteiger partial charge in [-0.2, -0.15) is 0 Å². The van der Waals surface area contributed by atoms with Crippen LogP contribution in [0.5, 0.6) is 0 Å². The van der Waals surface area contributed by atoms with E-state index in [4.69, 9.17) is 14.4 Å². The van der Waals surface area contributed by atoms with Gasteiger partial charge in [0.15, 0.2) is 0 Å². The van der Waals surface area contributed by atoms with Crippen LogP contribution in [0.25, 0.3) is 0 Å². The minimum atomic E-state index is -5.14. The molecule has 0 saturated carbocycles. The molecule has 0 unspecified atom stereocenters. The first-order chi connectivity index (χ1) is 2.00. The zero-order valence-electron chi connectivity index (χ0n) is 2.71. The normalized spacial score (nSPS) is 8.43. The Labute approximate surface area is 103 Å². The molecule has 39 valence electrons. The van der Waals surface area contributed by atoms with E-state index in [0.29, 0.717) is 0 Å². The summed E-state index contributed by atoms with van der Waals surface area (Å²) in [5.41, 5.74) is 0. The van der Waals surface area contributed by atoms with Crippen molar-refractivity contribution < 1.29 is 59.8 Å². The molecule has 1 radical (unpaired) electrons. The Kier molecular flexibility index (Phi) is 15.9. The van der Waals surface area contributed by atoms with Crippen LogP contribution >= 0.6 is 7.91 Å². The molecule has 0 rings (SSSR count). The third-order valence-electron chi connectivity index (χ3n) is 0. The first-order valence-corrected chi connectivity index (χ1v) is 2.25. The second-order valence-electron chi connectivity index (χ2n) is 0.473. The fraction of sp³-hybridized carbons (Fsp3) is 0. The maximum Gasteiger partial charge on any atom is 0 e. The van der Waals surface area contributed by atoms with Crippen molar-refractivity contribution in [2.45, 2.75) is 0 Å². The fourth-order valence-corrected chi connectivity index (χ4v) is 0. The van der Waals surface area contributed by atoms with Gasteiger partial charge in [0.05, 0.1) is 0 Å². The maximum atomic E-state index is 10.4. The zero-order valence-corrected chi connectivity index (χ0v) is 7.30. The van der Waals surface area contributed by atoms with Crippen LogP contribution in [0.2, 0.25) is 0 Å². The Morgan fingerprint density at radius 3 is 1.43 bits per heavy atom. The molecule has 2 N–H and O–H groups in total. The standard InChI is InChI=1S/Ca.FH2O3P.Pr.2H/c;1-5(2,3)4;;;/h;(H2,2,3,4);;;. The molecule has 0 saturated heterocycles. The molecule has 0 aliphatic carbocycles. The summed E-state index contributed by atoms with van der Waals surface area (Å²) in [4.78, 5) is 13.9. The van der Waals surface area contributed by atoms with Gasteiger partial charge >= 0.3 is 45.6 Å². The van der Waals surface area contributed by atoms with E-state index in [-0.39, 0.29) is 79.0 Å². The number of hydrogen-bond acceptors (Lipinski definition) is 1. The molecule has 0 aromatic carbocycles. The summed E-state index contributed by atoms with van der Waals surface area (Å²) in [5, 5.41) is 0. The van der Waals surface area contributed by atoms with Gasteiger partial charge in [-0.3, -0.25) is 9.79 Å². The minimum Gasteiger partial charge on any atom is 0 e. The molecule has 0 aromatic rings. The fourth-order valence-electron chi connectivity index (χ4n) is 0. The van der Waals surface area contributed by atoms with Crippen LogP contribution in [0.4, 0.5) is 4.20 Å². The Morgan fingerprint density at radius 2 is 1.43 bits per heavy atom. The molecule has 0 aromatic heterocycles. The van der Waals surface area contributed by atoms with Crippen molar-refractivity contribution in [2.24, 2.45) is 0 Å². The number of rotatable bonds is 0. The Morgan fingerprint density at radius 1 is 1.43 bits per heavy atom. The monoisotopic (exact) mass is 283 g/mol. The number of hydrogen-bond donors (Lipinski definition) is 2. The summed E-state index contributed by atoms with van der Waals surface area (Å²) in [6, 6.07) is 0. The SMILES string of the molecule is O=P(O)(O)F.[CaH2].[Pr]. The van der Waals surface area contributed by atoms with E-state index in [0.717, 1.165) is 0 Å². The van der Waals surface area contributed by atoms with E-state index >= 15 is 0 Å². The molecule has 0 atom stereocenters. The van der Waals surface area contributed by atoms with Crippen LogP contribution in [0, 0.1) is 41.3 Å². The summed E-state index contributed by atoms with van der Waals surface area (Å²) in [6.45, 7) is 0. The summed E-state index contributed by atoms with van der Waals surface area (Å²) in [5.74, 6) is 0. The van der Waals surface area contributed by atoms with Gasteiger partial charge in [0.2, 0.25) is 0 Å². The zero-order chi connectivity index (χ0) is 4.50. The molecule has 0 fully saturated rings. The predicted molar refractivity (Wildman–Crippen MR) is 21.7 cm³/mol. The van der Waals surface area contributed by atoms with Gasteiger partial charge in [-0.25, -0.2) is 4.57 Å². The molecule has 0 spiro atoms. The molecule has 0 aliphatic heterocycles. The first kappa shape index (κ1) is 16.4. The average molecular weight is 283 g/mol. The Hall–Kier alpha value is 2.70. The first-order valence-electron chi connectivity index (χ1n) is 0.752. The van der Waals surface area contributed by atoms with E-state index in [1.54, 1.807) is 0 Å². The van der Waals surface area contributed by atoms with Crippen molar-refractivity contribution in [3.05, 3.63) is 0 Å². The van der Waals surface area contributed by atoms with Crippen molar-refractivity contribution in [3.8, 4) is 0 Å². The topological polar surface area (TPSA) is 57.5 Å². The van der Waals surface area contributed by atoms with E-state index in [9.17, 15) is 4.20 Å². The Bertz CT molecular complexity index is 61.1. The minimum absolute atomic E-state index is 0. The van der Waals surface area contributed by atoms with Crippen molar-refractivity contribution in [2.75, 3.05) is 0 Å². The molecule has 7 heavy (non-hydrogen) atoms. The van der Waals surface area contributed by atoms with Crippen LogP contribution in [0.15, 0.2) is 0 Å². The molecular formula is H4CaFO3PPr. The van der Waals surface area contributed by atoms with Crippen molar-refractivity contribution in [1.82, 2.24) is 0 Å². The van der Waals surface area contributed by atoms with Gasteiger partial charge in [0, 0.05) is 41.3 Å². The summed E-state index contributed by atoms with van der Waals surface area (Å²) >= 11 is 0. The van der Waals surface area contributed by atoms with E-state index in [1.807, 2.05) is 0 Å².